The summed E-state index contributed by atoms with van der Waals surface area (Å²) in [5, 5.41) is 7.93. The van der Waals surface area contributed by atoms with Gasteiger partial charge in [-0.15, -0.1) is 5.10 Å². The first kappa shape index (κ1) is 13.3. The Bertz CT molecular complexity index is 789. The topological polar surface area (TPSA) is 100 Å². The van der Waals surface area contributed by atoms with Crippen LogP contribution in [0, 0.1) is 0 Å². The Morgan fingerprint density at radius 3 is 2.76 bits per heavy atom. The van der Waals surface area contributed by atoms with E-state index in [1.54, 1.807) is 12.1 Å². The van der Waals surface area contributed by atoms with Crippen molar-refractivity contribution in [2.75, 3.05) is 0 Å². The second-order valence-corrected chi connectivity index (χ2v) is 5.57. The minimum absolute atomic E-state index is 0.0477. The molecule has 0 amide bonds. The van der Waals surface area contributed by atoms with Crippen molar-refractivity contribution in [2.45, 2.75) is 32.7 Å². The number of hydrogen-bond acceptors (Lipinski definition) is 7. The Morgan fingerprint density at radius 2 is 2.14 bits per heavy atom. The lowest BCUT2D eigenvalue weighted by Crippen LogP contribution is -2.17. The monoisotopic (exact) mass is 290 g/mol. The number of aromatic nitrogens is 4. The van der Waals surface area contributed by atoms with Crippen molar-refractivity contribution < 1.29 is 13.4 Å². The van der Waals surface area contributed by atoms with Crippen LogP contribution in [0.5, 0.6) is 0 Å². The molecule has 3 rings (SSSR count). The van der Waals surface area contributed by atoms with E-state index in [0.717, 1.165) is 4.68 Å². The largest absolute Gasteiger partial charge is 0.459 e. The molecule has 0 fully saturated rings. The minimum atomic E-state index is -0.614. The normalized spacial score (nSPS) is 12.0. The van der Waals surface area contributed by atoms with Crippen molar-refractivity contribution in [3.8, 4) is 11.7 Å². The van der Waals surface area contributed by atoms with Gasteiger partial charge < -0.3 is 13.4 Å². The Morgan fingerprint density at radius 1 is 1.33 bits per heavy atom. The van der Waals surface area contributed by atoms with Crippen molar-refractivity contribution in [3.63, 3.8) is 0 Å². The molecule has 0 aliphatic carbocycles. The summed E-state index contributed by atoms with van der Waals surface area (Å²) < 4.78 is 16.4. The molecule has 3 aromatic heterocycles. The molecule has 0 saturated heterocycles. The molecule has 3 aromatic rings. The van der Waals surface area contributed by atoms with Gasteiger partial charge in [0.05, 0.1) is 6.26 Å². The zero-order valence-electron chi connectivity index (χ0n) is 11.9. The molecule has 0 aliphatic heterocycles. The standard InChI is InChI=1S/C13H14N4O4/c1-13(2,3)11-14-9(21-16-11)7-17-12(18)20-10(15-17)8-5-4-6-19-8/h4-6H,7H2,1-3H3. The summed E-state index contributed by atoms with van der Waals surface area (Å²) in [5.41, 5.74) is -0.226. The lowest BCUT2D eigenvalue weighted by atomic mass is 9.96. The van der Waals surface area contributed by atoms with Crippen LogP contribution in [0.3, 0.4) is 0 Å². The minimum Gasteiger partial charge on any atom is -0.459 e. The van der Waals surface area contributed by atoms with Crippen LogP contribution < -0.4 is 5.76 Å². The van der Waals surface area contributed by atoms with Crippen LogP contribution >= 0.6 is 0 Å². The quantitative estimate of drug-likeness (QED) is 0.725. The zero-order valence-corrected chi connectivity index (χ0v) is 11.9. The Hall–Kier alpha value is -2.64. The molecule has 0 aromatic carbocycles. The molecule has 0 bridgehead atoms. The maximum atomic E-state index is 11.7. The van der Waals surface area contributed by atoms with Crippen LogP contribution in [0.1, 0.15) is 32.5 Å². The number of nitrogens with zero attached hydrogens (tertiary/aromatic N) is 4. The Kier molecular flexibility index (Phi) is 3.00. The number of hydrogen-bond donors (Lipinski definition) is 0. The van der Waals surface area contributed by atoms with Crippen molar-refractivity contribution >= 4 is 0 Å². The summed E-state index contributed by atoms with van der Waals surface area (Å²) in [7, 11) is 0. The molecule has 0 saturated carbocycles. The van der Waals surface area contributed by atoms with Gasteiger partial charge in [-0.05, 0) is 12.1 Å². The van der Waals surface area contributed by atoms with Gasteiger partial charge in [0, 0.05) is 5.41 Å². The first-order chi connectivity index (χ1) is 9.93. The predicted molar refractivity (Wildman–Crippen MR) is 70.6 cm³/mol. The first-order valence-electron chi connectivity index (χ1n) is 6.38. The zero-order chi connectivity index (χ0) is 15.0. The Labute approximate surface area is 119 Å². The van der Waals surface area contributed by atoms with Gasteiger partial charge >= 0.3 is 5.76 Å². The smallest absolute Gasteiger partial charge is 0.437 e. The van der Waals surface area contributed by atoms with Gasteiger partial charge in [-0.2, -0.15) is 9.67 Å². The summed E-state index contributed by atoms with van der Waals surface area (Å²) in [6.45, 7) is 5.96. The maximum Gasteiger partial charge on any atom is 0.437 e. The summed E-state index contributed by atoms with van der Waals surface area (Å²) in [5.74, 6) is 0.742. The van der Waals surface area contributed by atoms with Crippen LogP contribution in [0.25, 0.3) is 11.7 Å². The van der Waals surface area contributed by atoms with Crippen LogP contribution in [0.15, 0.2) is 36.5 Å². The second-order valence-electron chi connectivity index (χ2n) is 5.57. The molecular formula is C13H14N4O4. The van der Waals surface area contributed by atoms with Crippen molar-refractivity contribution in [1.82, 2.24) is 19.9 Å². The molecule has 0 unspecified atom stereocenters. The van der Waals surface area contributed by atoms with Crippen LogP contribution in [-0.2, 0) is 12.0 Å². The fourth-order valence-corrected chi connectivity index (χ4v) is 1.66. The Balaban J connectivity index is 1.86. The highest BCUT2D eigenvalue weighted by molar-refractivity contribution is 5.42. The fourth-order valence-electron chi connectivity index (χ4n) is 1.66. The molecule has 0 aliphatic rings. The van der Waals surface area contributed by atoms with E-state index in [-0.39, 0.29) is 17.9 Å². The molecule has 3 heterocycles. The highest BCUT2D eigenvalue weighted by atomic mass is 16.5. The summed E-state index contributed by atoms with van der Waals surface area (Å²) in [6, 6.07) is 3.34. The SMILES string of the molecule is CC(C)(C)c1noc(Cn2nc(-c3ccco3)oc2=O)n1. The van der Waals surface area contributed by atoms with E-state index in [0.29, 0.717) is 17.5 Å². The van der Waals surface area contributed by atoms with Gasteiger partial charge in [0.25, 0.3) is 5.89 Å². The highest BCUT2D eigenvalue weighted by Gasteiger charge is 2.22. The second kappa shape index (κ2) is 4.72. The third-order valence-electron chi connectivity index (χ3n) is 2.76. The molecule has 8 heteroatoms. The molecule has 0 radical (unpaired) electrons. The van der Waals surface area contributed by atoms with Gasteiger partial charge in [0.2, 0.25) is 5.89 Å². The molecule has 0 spiro atoms. The van der Waals surface area contributed by atoms with E-state index in [9.17, 15) is 4.79 Å². The van der Waals surface area contributed by atoms with E-state index in [1.807, 2.05) is 20.8 Å². The van der Waals surface area contributed by atoms with Gasteiger partial charge in [0.1, 0.15) is 6.54 Å². The van der Waals surface area contributed by atoms with Crippen molar-refractivity contribution in [2.24, 2.45) is 0 Å². The third kappa shape index (κ3) is 2.64. The van der Waals surface area contributed by atoms with Gasteiger partial charge in [0.15, 0.2) is 11.6 Å². The average molecular weight is 290 g/mol. The first-order valence-corrected chi connectivity index (χ1v) is 6.38. The van der Waals surface area contributed by atoms with Crippen LogP contribution in [0.2, 0.25) is 0 Å². The molecule has 0 atom stereocenters. The molecule has 8 nitrogen and oxygen atoms in total. The van der Waals surface area contributed by atoms with Gasteiger partial charge in [-0.3, -0.25) is 0 Å². The van der Waals surface area contributed by atoms with Crippen molar-refractivity contribution in [1.29, 1.82) is 0 Å². The molecule has 21 heavy (non-hydrogen) atoms. The van der Waals surface area contributed by atoms with Gasteiger partial charge in [-0.25, -0.2) is 4.79 Å². The maximum absolute atomic E-state index is 11.7. The summed E-state index contributed by atoms with van der Waals surface area (Å²) in [6.07, 6.45) is 1.47. The molecular weight excluding hydrogens is 276 g/mol. The van der Waals surface area contributed by atoms with E-state index < -0.39 is 5.76 Å². The highest BCUT2D eigenvalue weighted by Crippen LogP contribution is 2.19. The molecule has 110 valence electrons. The summed E-state index contributed by atoms with van der Waals surface area (Å²) in [4.78, 5) is 16.0. The summed E-state index contributed by atoms with van der Waals surface area (Å²) >= 11 is 0. The van der Waals surface area contributed by atoms with Crippen LogP contribution in [0.4, 0.5) is 0 Å². The predicted octanol–water partition coefficient (Wildman–Crippen LogP) is 1.83. The lowest BCUT2D eigenvalue weighted by molar-refractivity contribution is 0.348. The van der Waals surface area contributed by atoms with E-state index in [1.165, 1.54) is 6.26 Å². The fraction of sp³-hybridized carbons (Fsp3) is 0.385. The number of rotatable bonds is 3. The average Bonchev–Trinajstić information content (AvgIpc) is 3.10. The number of furan rings is 1. The third-order valence-corrected chi connectivity index (χ3v) is 2.76. The lowest BCUT2D eigenvalue weighted by Gasteiger charge is -2.10. The van der Waals surface area contributed by atoms with Crippen molar-refractivity contribution in [3.05, 3.63) is 40.7 Å². The van der Waals surface area contributed by atoms with E-state index in [4.69, 9.17) is 13.4 Å². The van der Waals surface area contributed by atoms with E-state index in [2.05, 4.69) is 15.2 Å². The van der Waals surface area contributed by atoms with E-state index >= 15 is 0 Å². The van der Waals surface area contributed by atoms with Crippen LogP contribution in [-0.4, -0.2) is 19.9 Å². The molecule has 0 N–H and O–H groups in total. The van der Waals surface area contributed by atoms with Gasteiger partial charge in [-0.1, -0.05) is 25.9 Å².